The third kappa shape index (κ3) is 2.41. The third-order valence-corrected chi connectivity index (χ3v) is 3.29. The van der Waals surface area contributed by atoms with Crippen molar-refractivity contribution < 1.29 is 0 Å². The summed E-state index contributed by atoms with van der Waals surface area (Å²) in [7, 11) is 0. The minimum atomic E-state index is 0.605. The van der Waals surface area contributed by atoms with Gasteiger partial charge in [-0.3, -0.25) is 0 Å². The van der Waals surface area contributed by atoms with E-state index < -0.39 is 0 Å². The lowest BCUT2D eigenvalue weighted by Crippen LogP contribution is -1.75. The molecule has 2 aromatic rings. The molecule has 0 aliphatic rings. The molecule has 0 atom stereocenters. The van der Waals surface area contributed by atoms with E-state index in [-0.39, 0.29) is 0 Å². The Morgan fingerprint density at radius 1 is 1.00 bits per heavy atom. The number of hydrogen-bond donors (Lipinski definition) is 0. The molecule has 0 aromatic heterocycles. The van der Waals surface area contributed by atoms with Crippen molar-refractivity contribution in [2.24, 2.45) is 0 Å². The standard InChI is InChI=1S/C13H11N2S/c1-10-6-8-11(9-7-10)16-13-5-3-2-4-12(13)15-14/h2-9H,1H3/q+1. The summed E-state index contributed by atoms with van der Waals surface area (Å²) in [6.45, 7) is 2.06. The molecule has 16 heavy (non-hydrogen) atoms. The van der Waals surface area contributed by atoms with Crippen molar-refractivity contribution >= 4 is 17.4 Å². The van der Waals surface area contributed by atoms with Gasteiger partial charge in [0.2, 0.25) is 5.39 Å². The Morgan fingerprint density at radius 3 is 2.38 bits per heavy atom. The predicted molar refractivity (Wildman–Crippen MR) is 66.5 cm³/mol. The molecule has 0 saturated heterocycles. The number of nitrogens with zero attached hydrogens (tertiary/aromatic N) is 2. The van der Waals surface area contributed by atoms with Crippen LogP contribution in [0.4, 0.5) is 5.69 Å². The summed E-state index contributed by atoms with van der Waals surface area (Å²) in [5, 5.41) is 8.85. The van der Waals surface area contributed by atoms with Crippen molar-refractivity contribution in [2.75, 3.05) is 0 Å². The lowest BCUT2D eigenvalue weighted by Gasteiger charge is -1.99. The predicted octanol–water partition coefficient (Wildman–Crippen LogP) is 4.63. The molecule has 0 amide bonds. The summed E-state index contributed by atoms with van der Waals surface area (Å²) in [6, 6.07) is 15.8. The molecule has 3 heteroatoms. The quantitative estimate of drug-likeness (QED) is 0.699. The van der Waals surface area contributed by atoms with Gasteiger partial charge in [0, 0.05) is 11.0 Å². The highest BCUT2D eigenvalue weighted by Gasteiger charge is 2.12. The van der Waals surface area contributed by atoms with Crippen LogP contribution in [0.1, 0.15) is 5.56 Å². The molecule has 2 nitrogen and oxygen atoms in total. The monoisotopic (exact) mass is 227 g/mol. The summed E-state index contributed by atoms with van der Waals surface area (Å²) in [5.74, 6) is 0. The van der Waals surface area contributed by atoms with Crippen LogP contribution in [0.25, 0.3) is 4.98 Å². The molecule has 0 N–H and O–H groups in total. The normalized spacial score (nSPS) is 9.75. The molecule has 2 aromatic carbocycles. The Morgan fingerprint density at radius 2 is 1.69 bits per heavy atom. The van der Waals surface area contributed by atoms with Gasteiger partial charge in [-0.15, -0.1) is 0 Å². The lowest BCUT2D eigenvalue weighted by atomic mass is 10.2. The van der Waals surface area contributed by atoms with E-state index in [2.05, 4.69) is 36.2 Å². The number of rotatable bonds is 2. The molecular weight excluding hydrogens is 216 g/mol. The second kappa shape index (κ2) is 4.82. The fraction of sp³-hybridized carbons (Fsp3) is 0.0769. The topological polar surface area (TPSA) is 28.1 Å². The lowest BCUT2D eigenvalue weighted by molar-refractivity contribution is 1.35. The number of benzene rings is 2. The zero-order valence-electron chi connectivity index (χ0n) is 8.92. The van der Waals surface area contributed by atoms with E-state index in [4.69, 9.17) is 5.39 Å². The van der Waals surface area contributed by atoms with Crippen LogP contribution in [-0.4, -0.2) is 0 Å². The minimum Gasteiger partial charge on any atom is -0.0817 e. The maximum atomic E-state index is 8.85. The first-order valence-corrected chi connectivity index (χ1v) is 5.80. The summed E-state index contributed by atoms with van der Waals surface area (Å²) < 4.78 is 0. The van der Waals surface area contributed by atoms with Gasteiger partial charge in [-0.1, -0.05) is 41.6 Å². The first-order chi connectivity index (χ1) is 7.79. The van der Waals surface area contributed by atoms with Crippen LogP contribution in [0.2, 0.25) is 0 Å². The zero-order chi connectivity index (χ0) is 11.4. The Kier molecular flexibility index (Phi) is 3.23. The molecule has 2 rings (SSSR count). The van der Waals surface area contributed by atoms with Crippen molar-refractivity contribution in [1.82, 2.24) is 0 Å². The summed E-state index contributed by atoms with van der Waals surface area (Å²) in [5.41, 5.74) is 1.84. The van der Waals surface area contributed by atoms with Crippen LogP contribution in [-0.2, 0) is 0 Å². The maximum Gasteiger partial charge on any atom is 0.398 e. The molecular formula is C13H11N2S+. The van der Waals surface area contributed by atoms with Crippen LogP contribution >= 0.6 is 11.8 Å². The second-order valence-corrected chi connectivity index (χ2v) is 4.60. The van der Waals surface area contributed by atoms with E-state index in [1.54, 1.807) is 17.8 Å². The van der Waals surface area contributed by atoms with Gasteiger partial charge in [0.05, 0.1) is 0 Å². The van der Waals surface area contributed by atoms with Gasteiger partial charge < -0.3 is 0 Å². The van der Waals surface area contributed by atoms with Crippen LogP contribution in [0.15, 0.2) is 58.3 Å². The van der Waals surface area contributed by atoms with E-state index >= 15 is 0 Å². The highest BCUT2D eigenvalue weighted by Crippen LogP contribution is 2.34. The van der Waals surface area contributed by atoms with E-state index in [9.17, 15) is 0 Å². The smallest absolute Gasteiger partial charge is 0.0817 e. The third-order valence-electron chi connectivity index (χ3n) is 2.22. The van der Waals surface area contributed by atoms with Gasteiger partial charge in [0.25, 0.3) is 0 Å². The highest BCUT2D eigenvalue weighted by atomic mass is 32.2. The van der Waals surface area contributed by atoms with Crippen molar-refractivity contribution in [2.45, 2.75) is 16.7 Å². The van der Waals surface area contributed by atoms with E-state index in [0.29, 0.717) is 5.69 Å². The first-order valence-electron chi connectivity index (χ1n) is 4.98. The summed E-state index contributed by atoms with van der Waals surface area (Å²) >= 11 is 1.59. The van der Waals surface area contributed by atoms with Crippen LogP contribution in [0.3, 0.4) is 0 Å². The van der Waals surface area contributed by atoms with Gasteiger partial charge in [0.1, 0.15) is 4.90 Å². The molecule has 0 saturated carbocycles. The Hall–Kier alpha value is -1.79. The average molecular weight is 227 g/mol. The summed E-state index contributed by atoms with van der Waals surface area (Å²) in [4.78, 5) is 5.36. The van der Waals surface area contributed by atoms with Crippen LogP contribution in [0, 0.1) is 12.3 Å². The fourth-order valence-electron chi connectivity index (χ4n) is 1.36. The molecule has 0 unspecified atom stereocenters. The van der Waals surface area contributed by atoms with Crippen LogP contribution in [0.5, 0.6) is 0 Å². The fourth-order valence-corrected chi connectivity index (χ4v) is 2.25. The molecule has 78 valence electrons. The van der Waals surface area contributed by atoms with Gasteiger partial charge in [-0.05, 0) is 25.1 Å². The molecule has 0 spiro atoms. The molecule has 0 fully saturated rings. The number of aryl methyl sites for hydroxylation is 1. The SMILES string of the molecule is Cc1ccc(Sc2ccccc2[N+]#N)cc1. The molecule has 0 aliphatic heterocycles. The maximum absolute atomic E-state index is 8.85. The van der Waals surface area contributed by atoms with E-state index in [0.717, 1.165) is 9.79 Å². The molecule has 0 heterocycles. The van der Waals surface area contributed by atoms with Gasteiger partial charge in [0.15, 0.2) is 4.98 Å². The largest absolute Gasteiger partial charge is 0.398 e. The van der Waals surface area contributed by atoms with Crippen molar-refractivity contribution in [3.63, 3.8) is 0 Å². The van der Waals surface area contributed by atoms with E-state index in [1.165, 1.54) is 5.56 Å². The number of hydrogen-bond acceptors (Lipinski definition) is 2. The second-order valence-electron chi connectivity index (χ2n) is 3.48. The van der Waals surface area contributed by atoms with Gasteiger partial charge in [-0.2, -0.15) is 0 Å². The van der Waals surface area contributed by atoms with Crippen molar-refractivity contribution in [3.05, 3.63) is 59.1 Å². The molecule has 0 radical (unpaired) electrons. The van der Waals surface area contributed by atoms with Crippen LogP contribution < -0.4 is 0 Å². The highest BCUT2D eigenvalue weighted by molar-refractivity contribution is 7.99. The van der Waals surface area contributed by atoms with E-state index in [1.807, 2.05) is 18.2 Å². The van der Waals surface area contributed by atoms with Crippen molar-refractivity contribution in [3.8, 4) is 0 Å². The first kappa shape index (κ1) is 10.7. The molecule has 0 aliphatic carbocycles. The Balaban J connectivity index is 2.27. The minimum absolute atomic E-state index is 0.605. The Bertz CT molecular complexity index is 526. The summed E-state index contributed by atoms with van der Waals surface area (Å²) in [6.07, 6.45) is 0. The van der Waals surface area contributed by atoms with Gasteiger partial charge in [-0.25, -0.2) is 0 Å². The zero-order valence-corrected chi connectivity index (χ0v) is 9.74. The van der Waals surface area contributed by atoms with Gasteiger partial charge >= 0.3 is 5.69 Å². The Labute approximate surface area is 98.9 Å². The average Bonchev–Trinajstić information content (AvgIpc) is 2.33. The molecule has 0 bridgehead atoms. The van der Waals surface area contributed by atoms with Crippen molar-refractivity contribution in [1.29, 1.82) is 5.39 Å². The number of diazo groups is 1.